The summed E-state index contributed by atoms with van der Waals surface area (Å²) < 4.78 is 2.43. The van der Waals surface area contributed by atoms with Crippen LogP contribution in [0.5, 0.6) is 0 Å². The first kappa shape index (κ1) is 12.3. The second-order valence-corrected chi connectivity index (χ2v) is 5.59. The molecule has 0 radical (unpaired) electrons. The summed E-state index contributed by atoms with van der Waals surface area (Å²) in [4.78, 5) is 15.1. The average Bonchev–Trinajstić information content (AvgIpc) is 2.74. The standard InChI is InChI=1S/C12H14N2OS2/c1-8(2)11(9-4-3-7-17-9)14-6-5-10(15)13-12(14)16/h3-8,11H,1-2H3,(H,13,15,16). The van der Waals surface area contributed by atoms with Crippen molar-refractivity contribution in [2.75, 3.05) is 0 Å². The minimum absolute atomic E-state index is 0.153. The summed E-state index contributed by atoms with van der Waals surface area (Å²) in [6.07, 6.45) is 1.77. The van der Waals surface area contributed by atoms with E-state index in [1.165, 1.54) is 10.9 Å². The van der Waals surface area contributed by atoms with Crippen molar-refractivity contribution in [3.63, 3.8) is 0 Å². The Labute approximate surface area is 109 Å². The zero-order chi connectivity index (χ0) is 12.4. The predicted octanol–water partition coefficient (Wildman–Crippen LogP) is 3.21. The number of thiophene rings is 1. The summed E-state index contributed by atoms with van der Waals surface area (Å²) >= 11 is 6.93. The molecule has 17 heavy (non-hydrogen) atoms. The molecule has 0 spiro atoms. The Balaban J connectivity index is 2.54. The summed E-state index contributed by atoms with van der Waals surface area (Å²) in [7, 11) is 0. The van der Waals surface area contributed by atoms with Gasteiger partial charge in [-0.25, -0.2) is 0 Å². The summed E-state index contributed by atoms with van der Waals surface area (Å²) in [6, 6.07) is 5.82. The number of nitrogens with one attached hydrogen (secondary N) is 1. The van der Waals surface area contributed by atoms with Gasteiger partial charge in [-0.1, -0.05) is 19.9 Å². The lowest BCUT2D eigenvalue weighted by Gasteiger charge is -2.22. The molecule has 2 aromatic heterocycles. The molecule has 2 heterocycles. The van der Waals surface area contributed by atoms with Crippen molar-refractivity contribution in [3.05, 3.63) is 49.8 Å². The molecule has 0 amide bonds. The van der Waals surface area contributed by atoms with Gasteiger partial charge in [0.15, 0.2) is 4.77 Å². The number of rotatable bonds is 3. The molecule has 0 aromatic carbocycles. The van der Waals surface area contributed by atoms with Crippen molar-refractivity contribution >= 4 is 23.6 Å². The highest BCUT2D eigenvalue weighted by molar-refractivity contribution is 7.71. The lowest BCUT2D eigenvalue weighted by Crippen LogP contribution is -2.20. The van der Waals surface area contributed by atoms with Crippen LogP contribution in [-0.4, -0.2) is 9.55 Å². The van der Waals surface area contributed by atoms with Gasteiger partial charge < -0.3 is 4.57 Å². The van der Waals surface area contributed by atoms with E-state index in [1.54, 1.807) is 17.5 Å². The Morgan fingerprint density at radius 2 is 2.18 bits per heavy atom. The maximum atomic E-state index is 11.2. The Kier molecular flexibility index (Phi) is 3.59. The summed E-state index contributed by atoms with van der Waals surface area (Å²) in [5.74, 6) is 0.409. The monoisotopic (exact) mass is 266 g/mol. The van der Waals surface area contributed by atoms with Crippen LogP contribution in [0.15, 0.2) is 34.6 Å². The zero-order valence-electron chi connectivity index (χ0n) is 9.71. The quantitative estimate of drug-likeness (QED) is 0.866. The van der Waals surface area contributed by atoms with Gasteiger partial charge in [0.25, 0.3) is 5.56 Å². The van der Waals surface area contributed by atoms with E-state index < -0.39 is 0 Å². The molecule has 1 N–H and O–H groups in total. The largest absolute Gasteiger partial charge is 0.317 e. The van der Waals surface area contributed by atoms with Gasteiger partial charge in [-0.3, -0.25) is 9.78 Å². The number of nitrogens with zero attached hydrogens (tertiary/aromatic N) is 1. The predicted molar refractivity (Wildman–Crippen MR) is 73.2 cm³/mol. The van der Waals surface area contributed by atoms with Crippen LogP contribution in [-0.2, 0) is 0 Å². The van der Waals surface area contributed by atoms with Crippen LogP contribution in [0, 0.1) is 10.7 Å². The molecular weight excluding hydrogens is 252 g/mol. The average molecular weight is 266 g/mol. The van der Waals surface area contributed by atoms with E-state index >= 15 is 0 Å². The molecule has 0 saturated heterocycles. The van der Waals surface area contributed by atoms with Crippen LogP contribution in [0.1, 0.15) is 24.8 Å². The van der Waals surface area contributed by atoms with Crippen molar-refractivity contribution in [3.8, 4) is 0 Å². The topological polar surface area (TPSA) is 37.8 Å². The van der Waals surface area contributed by atoms with Crippen LogP contribution < -0.4 is 5.56 Å². The third kappa shape index (κ3) is 2.56. The van der Waals surface area contributed by atoms with Gasteiger partial charge in [0.2, 0.25) is 0 Å². The van der Waals surface area contributed by atoms with E-state index in [1.807, 2.05) is 10.6 Å². The SMILES string of the molecule is CC(C)C(c1cccs1)n1ccc(=O)[nH]c1=S. The fourth-order valence-corrected chi connectivity index (χ4v) is 3.16. The van der Waals surface area contributed by atoms with Crippen molar-refractivity contribution in [1.29, 1.82) is 0 Å². The molecule has 0 bridgehead atoms. The summed E-state index contributed by atoms with van der Waals surface area (Å²) in [5, 5.41) is 2.06. The maximum Gasteiger partial charge on any atom is 0.251 e. The molecule has 90 valence electrons. The molecular formula is C12H14N2OS2. The lowest BCUT2D eigenvalue weighted by molar-refractivity contribution is 0.432. The molecule has 2 aromatic rings. The number of aromatic nitrogens is 2. The van der Waals surface area contributed by atoms with Gasteiger partial charge in [-0.2, -0.15) is 0 Å². The van der Waals surface area contributed by atoms with E-state index in [2.05, 4.69) is 30.3 Å². The molecule has 3 nitrogen and oxygen atoms in total. The maximum absolute atomic E-state index is 11.2. The van der Waals surface area contributed by atoms with Gasteiger partial charge in [0, 0.05) is 17.1 Å². The first-order valence-corrected chi connectivity index (χ1v) is 6.73. The van der Waals surface area contributed by atoms with E-state index in [9.17, 15) is 4.79 Å². The Hall–Kier alpha value is -1.20. The molecule has 1 unspecified atom stereocenters. The third-order valence-corrected chi connectivity index (χ3v) is 3.87. The lowest BCUT2D eigenvalue weighted by atomic mass is 10.0. The fraction of sp³-hybridized carbons (Fsp3) is 0.333. The Bertz CT molecular complexity index is 595. The van der Waals surface area contributed by atoms with E-state index in [-0.39, 0.29) is 11.6 Å². The van der Waals surface area contributed by atoms with Crippen LogP contribution in [0.25, 0.3) is 0 Å². The van der Waals surface area contributed by atoms with Crippen LogP contribution >= 0.6 is 23.6 Å². The first-order valence-electron chi connectivity index (χ1n) is 5.44. The van der Waals surface area contributed by atoms with Crippen LogP contribution in [0.4, 0.5) is 0 Å². The van der Waals surface area contributed by atoms with Gasteiger partial charge >= 0.3 is 0 Å². The highest BCUT2D eigenvalue weighted by atomic mass is 32.1. The van der Waals surface area contributed by atoms with Gasteiger partial charge in [0.1, 0.15) is 0 Å². The van der Waals surface area contributed by atoms with Crippen LogP contribution in [0.3, 0.4) is 0 Å². The van der Waals surface area contributed by atoms with E-state index in [0.29, 0.717) is 10.7 Å². The minimum atomic E-state index is -0.153. The number of H-pyrrole nitrogens is 1. The van der Waals surface area contributed by atoms with E-state index in [4.69, 9.17) is 12.2 Å². The molecule has 0 aliphatic rings. The van der Waals surface area contributed by atoms with Crippen LogP contribution in [0.2, 0.25) is 0 Å². The number of hydrogen-bond donors (Lipinski definition) is 1. The smallest absolute Gasteiger partial charge is 0.251 e. The molecule has 2 rings (SSSR count). The number of aromatic amines is 1. The second-order valence-electron chi connectivity index (χ2n) is 4.22. The van der Waals surface area contributed by atoms with Gasteiger partial charge in [-0.05, 0) is 29.6 Å². The van der Waals surface area contributed by atoms with Crippen molar-refractivity contribution in [1.82, 2.24) is 9.55 Å². The molecule has 5 heteroatoms. The molecule has 0 aliphatic carbocycles. The molecule has 0 fully saturated rings. The molecule has 1 atom stereocenters. The zero-order valence-corrected chi connectivity index (χ0v) is 11.3. The molecule has 0 aliphatic heterocycles. The Morgan fingerprint density at radius 3 is 2.71 bits per heavy atom. The van der Waals surface area contributed by atoms with Crippen molar-refractivity contribution in [2.45, 2.75) is 19.9 Å². The number of hydrogen-bond acceptors (Lipinski definition) is 3. The fourth-order valence-electron chi connectivity index (χ4n) is 1.89. The highest BCUT2D eigenvalue weighted by Crippen LogP contribution is 2.29. The summed E-state index contributed by atoms with van der Waals surface area (Å²) in [5.41, 5.74) is -0.153. The molecule has 0 saturated carbocycles. The Morgan fingerprint density at radius 1 is 1.41 bits per heavy atom. The van der Waals surface area contributed by atoms with Gasteiger partial charge in [-0.15, -0.1) is 11.3 Å². The third-order valence-electron chi connectivity index (χ3n) is 2.62. The summed E-state index contributed by atoms with van der Waals surface area (Å²) in [6.45, 7) is 4.30. The van der Waals surface area contributed by atoms with E-state index in [0.717, 1.165) is 0 Å². The van der Waals surface area contributed by atoms with Crippen molar-refractivity contribution in [2.24, 2.45) is 5.92 Å². The van der Waals surface area contributed by atoms with Gasteiger partial charge in [0.05, 0.1) is 6.04 Å². The normalized spacial score (nSPS) is 12.9. The second kappa shape index (κ2) is 4.98. The minimum Gasteiger partial charge on any atom is -0.317 e. The highest BCUT2D eigenvalue weighted by Gasteiger charge is 2.18. The van der Waals surface area contributed by atoms with Crippen molar-refractivity contribution < 1.29 is 0 Å². The first-order chi connectivity index (χ1) is 8.09.